The Morgan fingerprint density at radius 1 is 1.10 bits per heavy atom. The number of hydrogen-bond donors (Lipinski definition) is 3. The van der Waals surface area contributed by atoms with Crippen LogP contribution in [0, 0.1) is 6.92 Å². The summed E-state index contributed by atoms with van der Waals surface area (Å²) in [5, 5.41) is 13.9. The van der Waals surface area contributed by atoms with Gasteiger partial charge in [0.15, 0.2) is 0 Å². The van der Waals surface area contributed by atoms with Gasteiger partial charge in [-0.1, -0.05) is 12.1 Å². The molecule has 3 N–H and O–H groups in total. The SMILES string of the molecule is Cc1nc2cc(Nc3ncc4cccc(OC5CCC(O)CC5)c4n3)ccc2[nH]1. The van der Waals surface area contributed by atoms with E-state index in [1.54, 1.807) is 6.20 Å². The van der Waals surface area contributed by atoms with Crippen molar-refractivity contribution in [2.75, 3.05) is 5.32 Å². The number of fused-ring (bicyclic) bond motifs is 2. The number of benzene rings is 2. The molecule has 5 rings (SSSR count). The third kappa shape index (κ3) is 3.73. The summed E-state index contributed by atoms with van der Waals surface area (Å²) in [5.74, 6) is 2.16. The minimum absolute atomic E-state index is 0.112. The average molecular weight is 389 g/mol. The molecular weight excluding hydrogens is 366 g/mol. The average Bonchev–Trinajstić information content (AvgIpc) is 3.09. The van der Waals surface area contributed by atoms with Crippen LogP contribution in [0.2, 0.25) is 0 Å². The fourth-order valence-electron chi connectivity index (χ4n) is 3.87. The van der Waals surface area contributed by atoms with E-state index in [2.05, 4.69) is 20.3 Å². The second-order valence-corrected chi connectivity index (χ2v) is 7.62. The minimum Gasteiger partial charge on any atom is -0.488 e. The lowest BCUT2D eigenvalue weighted by molar-refractivity contribution is 0.0672. The molecule has 29 heavy (non-hydrogen) atoms. The smallest absolute Gasteiger partial charge is 0.227 e. The molecule has 0 bridgehead atoms. The summed E-state index contributed by atoms with van der Waals surface area (Å²) < 4.78 is 6.24. The molecule has 1 aliphatic carbocycles. The maximum atomic E-state index is 9.72. The van der Waals surface area contributed by atoms with Crippen molar-refractivity contribution < 1.29 is 9.84 Å². The summed E-state index contributed by atoms with van der Waals surface area (Å²) >= 11 is 0. The van der Waals surface area contributed by atoms with Gasteiger partial charge < -0.3 is 20.1 Å². The van der Waals surface area contributed by atoms with E-state index >= 15 is 0 Å². The molecule has 1 fully saturated rings. The molecule has 7 heteroatoms. The van der Waals surface area contributed by atoms with Gasteiger partial charge in [0, 0.05) is 17.3 Å². The van der Waals surface area contributed by atoms with E-state index in [0.29, 0.717) is 5.95 Å². The largest absolute Gasteiger partial charge is 0.488 e. The van der Waals surface area contributed by atoms with Crippen LogP contribution >= 0.6 is 0 Å². The summed E-state index contributed by atoms with van der Waals surface area (Å²) in [5.41, 5.74) is 3.56. The number of aliphatic hydroxyl groups is 1. The molecule has 7 nitrogen and oxygen atoms in total. The first-order valence-electron chi connectivity index (χ1n) is 9.98. The number of aromatic amines is 1. The van der Waals surface area contributed by atoms with Crippen molar-refractivity contribution in [2.45, 2.75) is 44.8 Å². The second-order valence-electron chi connectivity index (χ2n) is 7.62. The normalized spacial score (nSPS) is 19.5. The number of para-hydroxylation sites is 1. The number of imidazole rings is 1. The van der Waals surface area contributed by atoms with E-state index in [1.807, 2.05) is 43.3 Å². The van der Waals surface area contributed by atoms with Gasteiger partial charge in [-0.25, -0.2) is 15.0 Å². The van der Waals surface area contributed by atoms with Crippen molar-refractivity contribution in [3.8, 4) is 5.75 Å². The summed E-state index contributed by atoms with van der Waals surface area (Å²) in [6, 6.07) is 11.8. The van der Waals surface area contributed by atoms with Crippen molar-refractivity contribution >= 4 is 33.6 Å². The molecule has 2 aromatic carbocycles. The van der Waals surface area contributed by atoms with Gasteiger partial charge in [-0.15, -0.1) is 0 Å². The zero-order valence-corrected chi connectivity index (χ0v) is 16.2. The first kappa shape index (κ1) is 17.9. The first-order valence-corrected chi connectivity index (χ1v) is 9.98. The molecule has 1 saturated carbocycles. The van der Waals surface area contributed by atoms with Crippen LogP contribution < -0.4 is 10.1 Å². The zero-order chi connectivity index (χ0) is 19.8. The van der Waals surface area contributed by atoms with Gasteiger partial charge in [0.05, 0.1) is 23.2 Å². The number of rotatable bonds is 4. The monoisotopic (exact) mass is 389 g/mol. The van der Waals surface area contributed by atoms with E-state index in [0.717, 1.165) is 64.9 Å². The van der Waals surface area contributed by atoms with Gasteiger partial charge in [-0.3, -0.25) is 0 Å². The third-order valence-corrected chi connectivity index (χ3v) is 5.37. The molecule has 1 aliphatic rings. The van der Waals surface area contributed by atoms with E-state index in [-0.39, 0.29) is 12.2 Å². The molecule has 2 heterocycles. The van der Waals surface area contributed by atoms with Gasteiger partial charge >= 0.3 is 0 Å². The predicted octanol–water partition coefficient (Wildman–Crippen LogP) is 4.24. The molecule has 0 saturated heterocycles. The van der Waals surface area contributed by atoms with Gasteiger partial charge in [-0.2, -0.15) is 0 Å². The van der Waals surface area contributed by atoms with Gasteiger partial charge in [0.2, 0.25) is 5.95 Å². The molecule has 0 unspecified atom stereocenters. The van der Waals surface area contributed by atoms with Gasteiger partial charge in [0.1, 0.15) is 17.1 Å². The number of aromatic nitrogens is 4. The molecule has 2 aromatic heterocycles. The van der Waals surface area contributed by atoms with Crippen LogP contribution in [0.1, 0.15) is 31.5 Å². The highest BCUT2D eigenvalue weighted by atomic mass is 16.5. The number of anilines is 2. The van der Waals surface area contributed by atoms with Crippen LogP contribution in [0.15, 0.2) is 42.6 Å². The summed E-state index contributed by atoms with van der Waals surface area (Å²) in [4.78, 5) is 16.9. The first-order chi connectivity index (χ1) is 14.1. The molecule has 4 aromatic rings. The molecule has 148 valence electrons. The van der Waals surface area contributed by atoms with Crippen LogP contribution in [0.3, 0.4) is 0 Å². The summed E-state index contributed by atoms with van der Waals surface area (Å²) in [6.07, 6.45) is 5.00. The van der Waals surface area contributed by atoms with Crippen LogP contribution in [-0.2, 0) is 0 Å². The third-order valence-electron chi connectivity index (χ3n) is 5.37. The number of nitrogens with zero attached hydrogens (tertiary/aromatic N) is 3. The number of aryl methyl sites for hydroxylation is 1. The van der Waals surface area contributed by atoms with Crippen molar-refractivity contribution in [3.63, 3.8) is 0 Å². The Labute approximate surface area is 168 Å². The van der Waals surface area contributed by atoms with Crippen LogP contribution in [-0.4, -0.2) is 37.3 Å². The Kier molecular flexibility index (Phi) is 4.52. The Morgan fingerprint density at radius 3 is 2.83 bits per heavy atom. The van der Waals surface area contributed by atoms with E-state index in [1.165, 1.54) is 0 Å². The Morgan fingerprint density at radius 2 is 1.97 bits per heavy atom. The lowest BCUT2D eigenvalue weighted by atomic mass is 9.95. The number of nitrogens with one attached hydrogen (secondary N) is 2. The molecule has 0 amide bonds. The molecule has 0 radical (unpaired) electrons. The lowest BCUT2D eigenvalue weighted by Crippen LogP contribution is -2.26. The minimum atomic E-state index is -0.198. The van der Waals surface area contributed by atoms with Crippen molar-refractivity contribution in [2.24, 2.45) is 0 Å². The van der Waals surface area contributed by atoms with Crippen molar-refractivity contribution in [1.29, 1.82) is 0 Å². The Balaban J connectivity index is 1.42. The topological polar surface area (TPSA) is 96.0 Å². The van der Waals surface area contributed by atoms with E-state index < -0.39 is 0 Å². The molecular formula is C22H23N5O2. The highest BCUT2D eigenvalue weighted by Gasteiger charge is 2.21. The zero-order valence-electron chi connectivity index (χ0n) is 16.2. The number of aliphatic hydroxyl groups excluding tert-OH is 1. The number of hydrogen-bond acceptors (Lipinski definition) is 6. The van der Waals surface area contributed by atoms with Crippen LogP contribution in [0.4, 0.5) is 11.6 Å². The van der Waals surface area contributed by atoms with Gasteiger partial charge in [0.25, 0.3) is 0 Å². The Hall–Kier alpha value is -3.19. The van der Waals surface area contributed by atoms with Gasteiger partial charge in [-0.05, 0) is 56.9 Å². The fraction of sp³-hybridized carbons (Fsp3) is 0.318. The number of ether oxygens (including phenoxy) is 1. The maximum absolute atomic E-state index is 9.72. The maximum Gasteiger partial charge on any atom is 0.227 e. The highest BCUT2D eigenvalue weighted by Crippen LogP contribution is 2.29. The highest BCUT2D eigenvalue weighted by molar-refractivity contribution is 5.85. The summed E-state index contributed by atoms with van der Waals surface area (Å²) in [6.45, 7) is 1.94. The molecule has 0 aliphatic heterocycles. The van der Waals surface area contributed by atoms with Crippen molar-refractivity contribution in [3.05, 3.63) is 48.4 Å². The Bertz CT molecular complexity index is 1160. The molecule has 0 atom stereocenters. The molecule has 0 spiro atoms. The number of H-pyrrole nitrogens is 1. The van der Waals surface area contributed by atoms with Crippen molar-refractivity contribution in [1.82, 2.24) is 19.9 Å². The second kappa shape index (κ2) is 7.33. The standard InChI is InChI=1S/C22H23N5O2/c1-13-24-18-10-5-15(11-19(18)25-13)26-22-23-12-14-3-2-4-20(21(14)27-22)29-17-8-6-16(28)7-9-17/h2-5,10-12,16-17,28H,6-9H2,1H3,(H,24,25)(H,23,26,27). The quantitative estimate of drug-likeness (QED) is 0.483. The van der Waals surface area contributed by atoms with E-state index in [4.69, 9.17) is 9.72 Å². The predicted molar refractivity (Wildman–Crippen MR) is 113 cm³/mol. The fourth-order valence-corrected chi connectivity index (χ4v) is 3.87. The van der Waals surface area contributed by atoms with Crippen LogP contribution in [0.25, 0.3) is 21.9 Å². The van der Waals surface area contributed by atoms with E-state index in [9.17, 15) is 5.11 Å². The summed E-state index contributed by atoms with van der Waals surface area (Å²) in [7, 11) is 0. The lowest BCUT2D eigenvalue weighted by Gasteiger charge is -2.26. The van der Waals surface area contributed by atoms with Crippen LogP contribution in [0.5, 0.6) is 5.75 Å².